The fourth-order valence-electron chi connectivity index (χ4n) is 2.12. The molecule has 1 atom stereocenters. The van der Waals surface area contributed by atoms with E-state index in [9.17, 15) is 0 Å². The molecule has 0 aromatic heterocycles. The number of aryl methyl sites for hydroxylation is 1. The second-order valence-electron chi connectivity index (χ2n) is 4.78. The van der Waals surface area contributed by atoms with E-state index in [4.69, 9.17) is 0 Å². The molecule has 1 unspecified atom stereocenters. The zero-order chi connectivity index (χ0) is 12.7. The van der Waals surface area contributed by atoms with Crippen molar-refractivity contribution in [3.63, 3.8) is 0 Å². The smallest absolute Gasteiger partial charge is 0.0449 e. The maximum atomic E-state index is 3.57. The van der Waals surface area contributed by atoms with Crippen LogP contribution in [0.2, 0.25) is 0 Å². The number of rotatable bonds is 7. The number of likely N-dealkylation sites (N-methyl/N-ethyl adjacent to an activating group) is 2. The summed E-state index contributed by atoms with van der Waals surface area (Å²) in [6.45, 7) is 9.78. The second-order valence-corrected chi connectivity index (χ2v) is 4.78. The van der Waals surface area contributed by atoms with Crippen molar-refractivity contribution in [2.45, 2.75) is 33.2 Å². The monoisotopic (exact) mass is 234 g/mol. The third-order valence-corrected chi connectivity index (χ3v) is 3.03. The fraction of sp³-hybridized carbons (Fsp3) is 0.600. The van der Waals surface area contributed by atoms with Crippen LogP contribution in [0.3, 0.4) is 0 Å². The van der Waals surface area contributed by atoms with E-state index in [0.29, 0.717) is 6.04 Å². The lowest BCUT2D eigenvalue weighted by Crippen LogP contribution is -2.33. The summed E-state index contributed by atoms with van der Waals surface area (Å²) in [4.78, 5) is 2.40. The molecule has 17 heavy (non-hydrogen) atoms. The van der Waals surface area contributed by atoms with E-state index in [-0.39, 0.29) is 0 Å². The Morgan fingerprint density at radius 2 is 1.82 bits per heavy atom. The minimum Gasteiger partial charge on any atom is -0.309 e. The number of nitrogens with zero attached hydrogens (tertiary/aromatic N) is 1. The standard InChI is InChI=1S/C15H26N2/c1-5-11-17(4)12-15(16-6-2)14-9-7-13(3)8-10-14/h7-10,15-16H,5-6,11-12H2,1-4H3. The third-order valence-electron chi connectivity index (χ3n) is 3.03. The van der Waals surface area contributed by atoms with Crippen molar-refractivity contribution >= 4 is 0 Å². The Morgan fingerprint density at radius 3 is 2.35 bits per heavy atom. The Balaban J connectivity index is 2.67. The van der Waals surface area contributed by atoms with Crippen LogP contribution in [0.5, 0.6) is 0 Å². The maximum absolute atomic E-state index is 3.57. The summed E-state index contributed by atoms with van der Waals surface area (Å²) < 4.78 is 0. The van der Waals surface area contributed by atoms with Crippen LogP contribution in [0.25, 0.3) is 0 Å². The summed E-state index contributed by atoms with van der Waals surface area (Å²) in [6, 6.07) is 9.31. The lowest BCUT2D eigenvalue weighted by molar-refractivity contribution is 0.292. The molecule has 0 bridgehead atoms. The summed E-state index contributed by atoms with van der Waals surface area (Å²) in [5, 5.41) is 3.57. The van der Waals surface area contributed by atoms with Gasteiger partial charge in [0.1, 0.15) is 0 Å². The predicted octanol–water partition coefficient (Wildman–Crippen LogP) is 2.99. The molecule has 0 radical (unpaired) electrons. The first-order valence-electron chi connectivity index (χ1n) is 6.65. The summed E-state index contributed by atoms with van der Waals surface area (Å²) in [6.07, 6.45) is 1.21. The van der Waals surface area contributed by atoms with Gasteiger partial charge in [0.15, 0.2) is 0 Å². The van der Waals surface area contributed by atoms with Crippen LogP contribution in [-0.2, 0) is 0 Å². The normalized spacial score (nSPS) is 13.0. The van der Waals surface area contributed by atoms with Crippen LogP contribution >= 0.6 is 0 Å². The Kier molecular flexibility index (Phi) is 6.23. The summed E-state index contributed by atoms with van der Waals surface area (Å²) in [5.41, 5.74) is 2.71. The average molecular weight is 234 g/mol. The number of nitrogens with one attached hydrogen (secondary N) is 1. The fourth-order valence-corrected chi connectivity index (χ4v) is 2.12. The van der Waals surface area contributed by atoms with E-state index in [1.54, 1.807) is 0 Å². The van der Waals surface area contributed by atoms with Gasteiger partial charge in [-0.25, -0.2) is 0 Å². The van der Waals surface area contributed by atoms with E-state index in [2.05, 4.69) is 62.3 Å². The van der Waals surface area contributed by atoms with Crippen molar-refractivity contribution in [2.75, 3.05) is 26.7 Å². The molecular formula is C15H26N2. The SMILES string of the molecule is CCCN(C)CC(NCC)c1ccc(C)cc1. The molecule has 1 N–H and O–H groups in total. The Labute approximate surface area is 106 Å². The molecule has 1 rings (SSSR count). The summed E-state index contributed by atoms with van der Waals surface area (Å²) in [5.74, 6) is 0. The first kappa shape index (κ1) is 14.2. The van der Waals surface area contributed by atoms with Crippen molar-refractivity contribution in [3.8, 4) is 0 Å². The molecule has 0 fully saturated rings. The van der Waals surface area contributed by atoms with Crippen molar-refractivity contribution in [3.05, 3.63) is 35.4 Å². The van der Waals surface area contributed by atoms with Gasteiger partial charge in [-0.1, -0.05) is 43.7 Å². The van der Waals surface area contributed by atoms with Crippen LogP contribution in [-0.4, -0.2) is 31.6 Å². The molecule has 0 spiro atoms. The van der Waals surface area contributed by atoms with E-state index >= 15 is 0 Å². The minimum atomic E-state index is 0.442. The molecule has 0 aliphatic rings. The van der Waals surface area contributed by atoms with Crippen molar-refractivity contribution in [1.29, 1.82) is 0 Å². The average Bonchev–Trinajstić information content (AvgIpc) is 2.30. The Hall–Kier alpha value is -0.860. The highest BCUT2D eigenvalue weighted by molar-refractivity contribution is 5.24. The lowest BCUT2D eigenvalue weighted by atomic mass is 10.0. The van der Waals surface area contributed by atoms with Gasteiger partial charge in [-0.15, -0.1) is 0 Å². The molecule has 1 aromatic carbocycles. The van der Waals surface area contributed by atoms with Gasteiger partial charge in [0.25, 0.3) is 0 Å². The van der Waals surface area contributed by atoms with Gasteiger partial charge >= 0.3 is 0 Å². The van der Waals surface area contributed by atoms with Gasteiger partial charge < -0.3 is 10.2 Å². The molecule has 2 nitrogen and oxygen atoms in total. The van der Waals surface area contributed by atoms with Gasteiger partial charge in [-0.05, 0) is 39.0 Å². The maximum Gasteiger partial charge on any atom is 0.0449 e. The highest BCUT2D eigenvalue weighted by Gasteiger charge is 2.12. The molecular weight excluding hydrogens is 208 g/mol. The molecule has 1 aromatic rings. The number of hydrogen-bond donors (Lipinski definition) is 1. The van der Waals surface area contributed by atoms with Crippen LogP contribution in [0.15, 0.2) is 24.3 Å². The van der Waals surface area contributed by atoms with Crippen molar-refractivity contribution in [2.24, 2.45) is 0 Å². The Morgan fingerprint density at radius 1 is 1.18 bits per heavy atom. The summed E-state index contributed by atoms with van der Waals surface area (Å²) in [7, 11) is 2.20. The van der Waals surface area contributed by atoms with Crippen LogP contribution in [0.1, 0.15) is 37.4 Å². The largest absolute Gasteiger partial charge is 0.309 e. The zero-order valence-electron chi connectivity index (χ0n) is 11.7. The number of benzene rings is 1. The van der Waals surface area contributed by atoms with E-state index < -0.39 is 0 Å². The lowest BCUT2D eigenvalue weighted by Gasteiger charge is -2.25. The zero-order valence-corrected chi connectivity index (χ0v) is 11.7. The van der Waals surface area contributed by atoms with Crippen molar-refractivity contribution in [1.82, 2.24) is 10.2 Å². The molecule has 0 saturated heterocycles. The topological polar surface area (TPSA) is 15.3 Å². The molecule has 96 valence electrons. The first-order chi connectivity index (χ1) is 8.17. The molecule has 2 heteroatoms. The molecule has 0 aliphatic carbocycles. The van der Waals surface area contributed by atoms with E-state index in [0.717, 1.165) is 19.6 Å². The van der Waals surface area contributed by atoms with Crippen LogP contribution in [0.4, 0.5) is 0 Å². The van der Waals surface area contributed by atoms with Crippen molar-refractivity contribution < 1.29 is 0 Å². The third kappa shape index (κ3) is 4.88. The molecule has 0 amide bonds. The van der Waals surface area contributed by atoms with Gasteiger partial charge in [-0.3, -0.25) is 0 Å². The van der Waals surface area contributed by atoms with Crippen LogP contribution in [0, 0.1) is 6.92 Å². The Bertz CT molecular complexity index is 305. The van der Waals surface area contributed by atoms with Crippen LogP contribution < -0.4 is 5.32 Å². The van der Waals surface area contributed by atoms with Gasteiger partial charge in [0, 0.05) is 12.6 Å². The van der Waals surface area contributed by atoms with Gasteiger partial charge in [0.2, 0.25) is 0 Å². The molecule has 0 heterocycles. The van der Waals surface area contributed by atoms with E-state index in [1.165, 1.54) is 17.5 Å². The quantitative estimate of drug-likeness (QED) is 0.780. The first-order valence-corrected chi connectivity index (χ1v) is 6.65. The molecule has 0 saturated carbocycles. The van der Waals surface area contributed by atoms with E-state index in [1.807, 2.05) is 0 Å². The summed E-state index contributed by atoms with van der Waals surface area (Å²) >= 11 is 0. The minimum absolute atomic E-state index is 0.442. The molecule has 0 aliphatic heterocycles. The highest BCUT2D eigenvalue weighted by atomic mass is 15.1. The van der Waals surface area contributed by atoms with Gasteiger partial charge in [0.05, 0.1) is 0 Å². The number of hydrogen-bond acceptors (Lipinski definition) is 2. The second kappa shape index (κ2) is 7.46. The van der Waals surface area contributed by atoms with Gasteiger partial charge in [-0.2, -0.15) is 0 Å². The predicted molar refractivity (Wildman–Crippen MR) is 75.4 cm³/mol. The highest BCUT2D eigenvalue weighted by Crippen LogP contribution is 2.15.